The monoisotopic (exact) mass is 251 g/mol. The normalized spacial score (nSPS) is 14.8. The SMILES string of the molecule is Cc1ncc(C(C)NC(CO)CC(C)C)c(C)n1. The maximum absolute atomic E-state index is 9.39. The summed E-state index contributed by atoms with van der Waals surface area (Å²) in [4.78, 5) is 8.62. The maximum atomic E-state index is 9.39. The van der Waals surface area contributed by atoms with Crippen molar-refractivity contribution in [3.63, 3.8) is 0 Å². The average molecular weight is 251 g/mol. The summed E-state index contributed by atoms with van der Waals surface area (Å²) < 4.78 is 0. The van der Waals surface area contributed by atoms with Crippen molar-refractivity contribution in [1.82, 2.24) is 15.3 Å². The molecule has 0 aliphatic rings. The Kier molecular flexibility index (Phi) is 5.69. The molecule has 4 heteroatoms. The summed E-state index contributed by atoms with van der Waals surface area (Å²) in [5, 5.41) is 12.8. The summed E-state index contributed by atoms with van der Waals surface area (Å²) in [6, 6.07) is 0.280. The number of aliphatic hydroxyl groups is 1. The number of aromatic nitrogens is 2. The fourth-order valence-electron chi connectivity index (χ4n) is 2.23. The molecule has 2 atom stereocenters. The van der Waals surface area contributed by atoms with E-state index in [4.69, 9.17) is 0 Å². The van der Waals surface area contributed by atoms with Crippen LogP contribution >= 0.6 is 0 Å². The number of hydrogen-bond acceptors (Lipinski definition) is 4. The van der Waals surface area contributed by atoms with Crippen molar-refractivity contribution in [3.8, 4) is 0 Å². The molecule has 0 spiro atoms. The van der Waals surface area contributed by atoms with E-state index < -0.39 is 0 Å². The summed E-state index contributed by atoms with van der Waals surface area (Å²) in [6.07, 6.45) is 2.84. The smallest absolute Gasteiger partial charge is 0.125 e. The van der Waals surface area contributed by atoms with E-state index in [0.29, 0.717) is 5.92 Å². The molecule has 0 aliphatic heterocycles. The molecule has 1 aromatic rings. The van der Waals surface area contributed by atoms with Gasteiger partial charge in [0.15, 0.2) is 0 Å². The molecule has 18 heavy (non-hydrogen) atoms. The van der Waals surface area contributed by atoms with Gasteiger partial charge in [-0.3, -0.25) is 0 Å². The van der Waals surface area contributed by atoms with E-state index in [1.54, 1.807) is 0 Å². The van der Waals surface area contributed by atoms with E-state index in [2.05, 4.69) is 36.1 Å². The van der Waals surface area contributed by atoms with Crippen molar-refractivity contribution < 1.29 is 5.11 Å². The molecular formula is C14H25N3O. The first kappa shape index (κ1) is 15.1. The molecule has 102 valence electrons. The Balaban J connectivity index is 2.71. The van der Waals surface area contributed by atoms with Gasteiger partial charge in [-0.25, -0.2) is 9.97 Å². The Morgan fingerprint density at radius 3 is 2.44 bits per heavy atom. The Morgan fingerprint density at radius 1 is 1.28 bits per heavy atom. The summed E-state index contributed by atoms with van der Waals surface area (Å²) in [5.41, 5.74) is 2.10. The number of nitrogens with zero attached hydrogens (tertiary/aromatic N) is 2. The van der Waals surface area contributed by atoms with Crippen molar-refractivity contribution in [2.75, 3.05) is 6.61 Å². The van der Waals surface area contributed by atoms with Gasteiger partial charge in [0, 0.05) is 29.5 Å². The molecule has 0 bridgehead atoms. The largest absolute Gasteiger partial charge is 0.395 e. The molecule has 0 aliphatic carbocycles. The second-order valence-corrected chi connectivity index (χ2v) is 5.36. The van der Waals surface area contributed by atoms with Crippen molar-refractivity contribution in [2.24, 2.45) is 5.92 Å². The number of aryl methyl sites for hydroxylation is 2. The van der Waals surface area contributed by atoms with Gasteiger partial charge in [-0.05, 0) is 33.1 Å². The highest BCUT2D eigenvalue weighted by atomic mass is 16.3. The van der Waals surface area contributed by atoms with Crippen LogP contribution in [0, 0.1) is 19.8 Å². The first-order valence-corrected chi connectivity index (χ1v) is 6.61. The molecule has 0 amide bonds. The van der Waals surface area contributed by atoms with Crippen LogP contribution in [0.2, 0.25) is 0 Å². The van der Waals surface area contributed by atoms with Crippen LogP contribution in [0.1, 0.15) is 50.3 Å². The maximum Gasteiger partial charge on any atom is 0.125 e. The van der Waals surface area contributed by atoms with E-state index in [-0.39, 0.29) is 18.7 Å². The van der Waals surface area contributed by atoms with E-state index >= 15 is 0 Å². The molecule has 1 heterocycles. The minimum Gasteiger partial charge on any atom is -0.395 e. The van der Waals surface area contributed by atoms with Crippen LogP contribution in [-0.2, 0) is 0 Å². The first-order chi connectivity index (χ1) is 8.43. The molecule has 0 saturated carbocycles. The fourth-order valence-corrected chi connectivity index (χ4v) is 2.23. The molecule has 1 rings (SSSR count). The van der Waals surface area contributed by atoms with Gasteiger partial charge in [0.05, 0.1) is 6.61 Å². The van der Waals surface area contributed by atoms with Gasteiger partial charge in [-0.1, -0.05) is 13.8 Å². The van der Waals surface area contributed by atoms with E-state index in [0.717, 1.165) is 23.5 Å². The van der Waals surface area contributed by atoms with E-state index in [9.17, 15) is 5.11 Å². The van der Waals surface area contributed by atoms with Gasteiger partial charge >= 0.3 is 0 Å². The predicted octanol–water partition coefficient (Wildman–Crippen LogP) is 2.15. The minimum atomic E-state index is 0.126. The highest BCUT2D eigenvalue weighted by Gasteiger charge is 2.16. The Bertz CT molecular complexity index is 379. The third-order valence-electron chi connectivity index (χ3n) is 3.07. The standard InChI is InChI=1S/C14H25N3O/c1-9(2)6-13(8-18)17-11(4)14-7-15-12(5)16-10(14)3/h7,9,11,13,17-18H,6,8H2,1-5H3. The van der Waals surface area contributed by atoms with E-state index in [1.165, 1.54) is 0 Å². The summed E-state index contributed by atoms with van der Waals surface area (Å²) >= 11 is 0. The lowest BCUT2D eigenvalue weighted by atomic mass is 10.0. The lowest BCUT2D eigenvalue weighted by Crippen LogP contribution is -2.36. The quantitative estimate of drug-likeness (QED) is 0.813. The van der Waals surface area contributed by atoms with Crippen molar-refractivity contribution in [1.29, 1.82) is 0 Å². The molecule has 0 saturated heterocycles. The minimum absolute atomic E-state index is 0.126. The topological polar surface area (TPSA) is 58.0 Å². The van der Waals surface area contributed by atoms with E-state index in [1.807, 2.05) is 20.0 Å². The van der Waals surface area contributed by atoms with Crippen LogP contribution in [0.3, 0.4) is 0 Å². The van der Waals surface area contributed by atoms with Crippen LogP contribution in [0.25, 0.3) is 0 Å². The molecule has 2 unspecified atom stereocenters. The van der Waals surface area contributed by atoms with Crippen molar-refractivity contribution >= 4 is 0 Å². The number of aliphatic hydroxyl groups excluding tert-OH is 1. The Labute approximate surface area is 110 Å². The fraction of sp³-hybridized carbons (Fsp3) is 0.714. The van der Waals surface area contributed by atoms with Crippen LogP contribution in [0.15, 0.2) is 6.20 Å². The number of rotatable bonds is 6. The predicted molar refractivity (Wildman–Crippen MR) is 73.4 cm³/mol. The number of hydrogen-bond donors (Lipinski definition) is 2. The first-order valence-electron chi connectivity index (χ1n) is 6.61. The Morgan fingerprint density at radius 2 is 1.94 bits per heavy atom. The zero-order valence-corrected chi connectivity index (χ0v) is 12.1. The van der Waals surface area contributed by atoms with Crippen LogP contribution in [0.5, 0.6) is 0 Å². The summed E-state index contributed by atoms with van der Waals surface area (Å²) in [5.74, 6) is 1.36. The van der Waals surface area contributed by atoms with Crippen molar-refractivity contribution in [2.45, 2.75) is 53.1 Å². The van der Waals surface area contributed by atoms with Gasteiger partial charge in [0.2, 0.25) is 0 Å². The zero-order valence-electron chi connectivity index (χ0n) is 12.1. The molecule has 1 aromatic heterocycles. The highest BCUT2D eigenvalue weighted by molar-refractivity contribution is 5.19. The third-order valence-corrected chi connectivity index (χ3v) is 3.07. The Hall–Kier alpha value is -1.00. The van der Waals surface area contributed by atoms with Gasteiger partial charge in [-0.15, -0.1) is 0 Å². The molecule has 4 nitrogen and oxygen atoms in total. The molecule has 0 aromatic carbocycles. The molecular weight excluding hydrogens is 226 g/mol. The van der Waals surface area contributed by atoms with Crippen molar-refractivity contribution in [3.05, 3.63) is 23.3 Å². The van der Waals surface area contributed by atoms with Crippen LogP contribution in [-0.4, -0.2) is 27.7 Å². The average Bonchev–Trinajstić information content (AvgIpc) is 2.27. The number of nitrogens with one attached hydrogen (secondary N) is 1. The van der Waals surface area contributed by atoms with Crippen LogP contribution in [0.4, 0.5) is 0 Å². The molecule has 0 fully saturated rings. The van der Waals surface area contributed by atoms with Gasteiger partial charge in [0.1, 0.15) is 5.82 Å². The molecule has 2 N–H and O–H groups in total. The lowest BCUT2D eigenvalue weighted by Gasteiger charge is -2.24. The van der Waals surface area contributed by atoms with Gasteiger partial charge < -0.3 is 10.4 Å². The second kappa shape index (κ2) is 6.81. The lowest BCUT2D eigenvalue weighted by molar-refractivity contribution is 0.215. The van der Waals surface area contributed by atoms with Crippen LogP contribution < -0.4 is 5.32 Å². The zero-order chi connectivity index (χ0) is 13.7. The molecule has 0 radical (unpaired) electrons. The summed E-state index contributed by atoms with van der Waals surface area (Å²) in [6.45, 7) is 10.5. The summed E-state index contributed by atoms with van der Waals surface area (Å²) in [7, 11) is 0. The second-order valence-electron chi connectivity index (χ2n) is 5.36. The van der Waals surface area contributed by atoms with Gasteiger partial charge in [-0.2, -0.15) is 0 Å². The van der Waals surface area contributed by atoms with Gasteiger partial charge in [0.25, 0.3) is 0 Å². The highest BCUT2D eigenvalue weighted by Crippen LogP contribution is 2.17. The third kappa shape index (κ3) is 4.35.